The number of carbonyl (C=O) groups excluding carboxylic acids is 2. The predicted octanol–water partition coefficient (Wildman–Crippen LogP) is 3.19. The monoisotopic (exact) mass is 421 g/mol. The van der Waals surface area contributed by atoms with Crippen molar-refractivity contribution in [1.29, 1.82) is 0 Å². The SMILES string of the molecule is CC(C)c1c(C(=O)Nc2nc(-c3c[nH]c(C(N)=O)c3)cs2)cnn1-c1ccccn1. The van der Waals surface area contributed by atoms with Crippen molar-refractivity contribution in [3.8, 4) is 17.1 Å². The van der Waals surface area contributed by atoms with Gasteiger partial charge in [0.2, 0.25) is 0 Å². The maximum Gasteiger partial charge on any atom is 0.265 e. The van der Waals surface area contributed by atoms with E-state index in [4.69, 9.17) is 5.73 Å². The number of hydrogen-bond acceptors (Lipinski definition) is 6. The largest absolute Gasteiger partial charge is 0.364 e. The van der Waals surface area contributed by atoms with E-state index in [-0.39, 0.29) is 11.8 Å². The van der Waals surface area contributed by atoms with Gasteiger partial charge in [0.15, 0.2) is 10.9 Å². The van der Waals surface area contributed by atoms with Crippen molar-refractivity contribution < 1.29 is 9.59 Å². The van der Waals surface area contributed by atoms with Crippen molar-refractivity contribution in [3.05, 3.63) is 65.2 Å². The quantitative estimate of drug-likeness (QED) is 0.440. The van der Waals surface area contributed by atoms with Crippen LogP contribution in [0.15, 0.2) is 48.2 Å². The number of nitrogens with zero attached hydrogens (tertiary/aromatic N) is 4. The number of thiazole rings is 1. The van der Waals surface area contributed by atoms with Crippen molar-refractivity contribution >= 4 is 28.3 Å². The highest BCUT2D eigenvalue weighted by Gasteiger charge is 2.22. The summed E-state index contributed by atoms with van der Waals surface area (Å²) in [6.07, 6.45) is 4.87. The van der Waals surface area contributed by atoms with E-state index >= 15 is 0 Å². The molecule has 0 aliphatic rings. The van der Waals surface area contributed by atoms with Crippen molar-refractivity contribution in [2.24, 2.45) is 5.73 Å². The number of carbonyl (C=O) groups is 2. The Labute approximate surface area is 176 Å². The standard InChI is InChI=1S/C20H19N7O2S/c1-11(2)17-13(9-24-27(17)16-5-3-4-6-22-16)19(29)26-20-25-15(10-30-20)12-7-14(18(21)28)23-8-12/h3-11,23H,1-2H3,(H2,21,28)(H,25,26,29). The zero-order valence-electron chi connectivity index (χ0n) is 16.3. The van der Waals surface area contributed by atoms with Gasteiger partial charge in [-0.25, -0.2) is 14.6 Å². The number of H-pyrrole nitrogens is 1. The summed E-state index contributed by atoms with van der Waals surface area (Å²) >= 11 is 1.29. The Bertz CT molecular complexity index is 1210. The number of amides is 2. The first-order valence-corrected chi connectivity index (χ1v) is 10.1. The smallest absolute Gasteiger partial charge is 0.265 e. The van der Waals surface area contributed by atoms with Gasteiger partial charge >= 0.3 is 0 Å². The Kier molecular flexibility index (Phi) is 5.15. The molecule has 4 heterocycles. The summed E-state index contributed by atoms with van der Waals surface area (Å²) in [5.41, 5.74) is 8.14. The molecule has 30 heavy (non-hydrogen) atoms. The van der Waals surface area contributed by atoms with Gasteiger partial charge in [0.05, 0.1) is 23.1 Å². The molecule has 0 aliphatic carbocycles. The molecule has 0 spiro atoms. The molecule has 0 fully saturated rings. The average Bonchev–Trinajstić information content (AvgIpc) is 3.47. The first-order valence-electron chi connectivity index (χ1n) is 9.19. The molecule has 4 rings (SSSR count). The zero-order chi connectivity index (χ0) is 21.3. The fraction of sp³-hybridized carbons (Fsp3) is 0.150. The average molecular weight is 421 g/mol. The third kappa shape index (κ3) is 3.72. The van der Waals surface area contributed by atoms with Crippen LogP contribution in [0.2, 0.25) is 0 Å². The molecule has 0 radical (unpaired) electrons. The second-order valence-electron chi connectivity index (χ2n) is 6.86. The summed E-state index contributed by atoms with van der Waals surface area (Å²) in [4.78, 5) is 35.7. The summed E-state index contributed by atoms with van der Waals surface area (Å²) in [6, 6.07) is 7.16. The molecule has 0 aliphatic heterocycles. The van der Waals surface area contributed by atoms with E-state index < -0.39 is 5.91 Å². The van der Waals surface area contributed by atoms with Gasteiger partial charge in [-0.05, 0) is 24.1 Å². The molecule has 10 heteroatoms. The lowest BCUT2D eigenvalue weighted by Gasteiger charge is -2.11. The van der Waals surface area contributed by atoms with Crippen molar-refractivity contribution in [2.75, 3.05) is 5.32 Å². The maximum absolute atomic E-state index is 12.9. The van der Waals surface area contributed by atoms with E-state index in [9.17, 15) is 9.59 Å². The van der Waals surface area contributed by atoms with Crippen LogP contribution in [0.4, 0.5) is 5.13 Å². The number of aromatic nitrogens is 5. The summed E-state index contributed by atoms with van der Waals surface area (Å²) in [5.74, 6) is -0.145. The lowest BCUT2D eigenvalue weighted by Crippen LogP contribution is -2.15. The second-order valence-corrected chi connectivity index (χ2v) is 7.71. The van der Waals surface area contributed by atoms with Crippen molar-refractivity contribution in [3.63, 3.8) is 0 Å². The zero-order valence-corrected chi connectivity index (χ0v) is 17.1. The number of nitrogens with two attached hydrogens (primary N) is 1. The molecule has 0 aromatic carbocycles. The normalized spacial score (nSPS) is 11.0. The van der Waals surface area contributed by atoms with Gasteiger partial charge in [-0.2, -0.15) is 5.10 Å². The Balaban J connectivity index is 1.58. The van der Waals surface area contributed by atoms with E-state index in [0.29, 0.717) is 33.5 Å². The van der Waals surface area contributed by atoms with Crippen LogP contribution in [0.5, 0.6) is 0 Å². The van der Waals surface area contributed by atoms with E-state index in [1.54, 1.807) is 34.7 Å². The van der Waals surface area contributed by atoms with Gasteiger partial charge in [0.1, 0.15) is 5.69 Å². The fourth-order valence-corrected chi connectivity index (χ4v) is 3.78. The van der Waals surface area contributed by atoms with Crippen LogP contribution in [0.3, 0.4) is 0 Å². The Morgan fingerprint density at radius 2 is 2.13 bits per heavy atom. The molecule has 152 valence electrons. The topological polar surface area (TPSA) is 132 Å². The van der Waals surface area contributed by atoms with E-state index in [1.165, 1.54) is 11.3 Å². The minimum atomic E-state index is -0.545. The molecule has 0 saturated heterocycles. The molecule has 0 unspecified atom stereocenters. The second kappa shape index (κ2) is 7.91. The number of primary amides is 1. The summed E-state index contributed by atoms with van der Waals surface area (Å²) in [7, 11) is 0. The first-order chi connectivity index (χ1) is 14.4. The molecule has 4 aromatic rings. The van der Waals surface area contributed by atoms with Crippen LogP contribution in [0.25, 0.3) is 17.1 Å². The van der Waals surface area contributed by atoms with Gasteiger partial charge in [-0.3, -0.25) is 14.9 Å². The summed E-state index contributed by atoms with van der Waals surface area (Å²) in [6.45, 7) is 3.99. The van der Waals surface area contributed by atoms with Gasteiger partial charge in [0.25, 0.3) is 11.8 Å². The van der Waals surface area contributed by atoms with Gasteiger partial charge in [-0.1, -0.05) is 19.9 Å². The van der Waals surface area contributed by atoms with Crippen LogP contribution in [-0.2, 0) is 0 Å². The van der Waals surface area contributed by atoms with Crippen LogP contribution >= 0.6 is 11.3 Å². The third-order valence-electron chi connectivity index (χ3n) is 4.43. The number of hydrogen-bond donors (Lipinski definition) is 3. The summed E-state index contributed by atoms with van der Waals surface area (Å²) < 4.78 is 1.68. The molecule has 0 saturated carbocycles. The molecule has 0 atom stereocenters. The van der Waals surface area contributed by atoms with Crippen molar-refractivity contribution in [1.82, 2.24) is 24.7 Å². The minimum absolute atomic E-state index is 0.0502. The van der Waals surface area contributed by atoms with Crippen LogP contribution in [0.1, 0.15) is 46.3 Å². The molecule has 0 bridgehead atoms. The van der Waals surface area contributed by atoms with E-state index in [1.807, 2.05) is 32.0 Å². The number of pyridine rings is 1. The molecule has 2 amide bonds. The Hall–Kier alpha value is -3.79. The highest BCUT2D eigenvalue weighted by Crippen LogP contribution is 2.27. The fourth-order valence-electron chi connectivity index (χ4n) is 3.06. The lowest BCUT2D eigenvalue weighted by molar-refractivity contribution is 0.0993. The molecule has 4 N–H and O–H groups in total. The Morgan fingerprint density at radius 3 is 2.80 bits per heavy atom. The van der Waals surface area contributed by atoms with Crippen LogP contribution in [0, 0.1) is 0 Å². The number of nitrogens with one attached hydrogen (secondary N) is 2. The third-order valence-corrected chi connectivity index (χ3v) is 5.19. The molecular weight excluding hydrogens is 402 g/mol. The lowest BCUT2D eigenvalue weighted by atomic mass is 10.1. The Morgan fingerprint density at radius 1 is 1.30 bits per heavy atom. The number of anilines is 1. The van der Waals surface area contributed by atoms with Gasteiger partial charge in [0, 0.05) is 23.3 Å². The van der Waals surface area contributed by atoms with Crippen molar-refractivity contribution in [2.45, 2.75) is 19.8 Å². The first kappa shape index (κ1) is 19.5. The van der Waals surface area contributed by atoms with Crippen LogP contribution in [-0.4, -0.2) is 36.5 Å². The minimum Gasteiger partial charge on any atom is -0.364 e. The van der Waals surface area contributed by atoms with Gasteiger partial charge < -0.3 is 10.7 Å². The highest BCUT2D eigenvalue weighted by molar-refractivity contribution is 7.14. The summed E-state index contributed by atoms with van der Waals surface area (Å²) in [5, 5.41) is 9.44. The van der Waals surface area contributed by atoms with Crippen LogP contribution < -0.4 is 11.1 Å². The predicted molar refractivity (Wildman–Crippen MR) is 114 cm³/mol. The molecule has 9 nitrogen and oxygen atoms in total. The van der Waals surface area contributed by atoms with Gasteiger partial charge in [-0.15, -0.1) is 11.3 Å². The maximum atomic E-state index is 12.9. The number of aromatic amines is 1. The molecule has 4 aromatic heterocycles. The van der Waals surface area contributed by atoms with E-state index in [0.717, 1.165) is 5.69 Å². The van der Waals surface area contributed by atoms with E-state index in [2.05, 4.69) is 25.4 Å². The number of rotatable bonds is 6. The highest BCUT2D eigenvalue weighted by atomic mass is 32.1. The molecular formula is C20H19N7O2S.